The fraction of sp³-hybridized carbons (Fsp3) is 0. The van der Waals surface area contributed by atoms with Crippen LogP contribution in [-0.2, 0) is 0 Å². The van der Waals surface area contributed by atoms with E-state index >= 15 is 0 Å². The maximum absolute atomic E-state index is 5.95. The number of ether oxygens (including phenoxy) is 1. The van der Waals surface area contributed by atoms with Crippen molar-refractivity contribution in [3.8, 4) is 11.5 Å². The van der Waals surface area contributed by atoms with E-state index in [0.717, 1.165) is 33.9 Å². The summed E-state index contributed by atoms with van der Waals surface area (Å²) in [5.74, 6) is 1.46. The molecule has 2 aromatic carbocycles. The quantitative estimate of drug-likeness (QED) is 0.372. The van der Waals surface area contributed by atoms with E-state index in [9.17, 15) is 0 Å². The summed E-state index contributed by atoms with van der Waals surface area (Å²) >= 11 is 17.4. The minimum Gasteiger partial charge on any atom is -0.453 e. The van der Waals surface area contributed by atoms with Gasteiger partial charge in [0.15, 0.2) is 11.5 Å². The van der Waals surface area contributed by atoms with Gasteiger partial charge in [0, 0.05) is 4.47 Å². The Bertz CT molecular complexity index is 554. The molecule has 2 aromatic rings. The molecule has 1 nitrogen and oxygen atoms in total. The number of rotatable bonds is 2. The maximum Gasteiger partial charge on any atom is 0.155 e. The van der Waals surface area contributed by atoms with Crippen LogP contribution in [0.5, 0.6) is 11.5 Å². The molecule has 18 heavy (non-hydrogen) atoms. The Morgan fingerprint density at radius 1 is 0.667 bits per heavy atom. The summed E-state index contributed by atoms with van der Waals surface area (Å²) in [5, 5.41) is 0. The van der Waals surface area contributed by atoms with Gasteiger partial charge in [-0.2, -0.15) is 0 Å². The van der Waals surface area contributed by atoms with Crippen LogP contribution in [0.2, 0.25) is 0 Å². The Morgan fingerprint density at radius 2 is 1.11 bits per heavy atom. The second kappa shape index (κ2) is 6.39. The monoisotopic (exact) mass is 560 g/mol. The molecule has 0 bridgehead atoms. The van der Waals surface area contributed by atoms with Crippen LogP contribution < -0.4 is 4.74 Å². The standard InChI is InChI=1S/C12H5Br5O/c13-6-4-9(16)12(10(17)5-6)18-11-7(14)2-1-3-8(11)15/h1-5H. The molecule has 0 aliphatic heterocycles. The second-order valence-corrected chi connectivity index (χ2v) is 7.68. The first-order valence-corrected chi connectivity index (χ1v) is 8.72. The van der Waals surface area contributed by atoms with Gasteiger partial charge in [-0.3, -0.25) is 0 Å². The molecule has 0 aliphatic rings. The van der Waals surface area contributed by atoms with Crippen LogP contribution >= 0.6 is 79.6 Å². The lowest BCUT2D eigenvalue weighted by Gasteiger charge is -2.13. The van der Waals surface area contributed by atoms with Crippen molar-refractivity contribution < 1.29 is 4.74 Å². The Labute approximate surface area is 147 Å². The average molecular weight is 565 g/mol. The van der Waals surface area contributed by atoms with E-state index in [1.54, 1.807) is 0 Å². The van der Waals surface area contributed by atoms with Crippen LogP contribution in [-0.4, -0.2) is 0 Å². The number of hydrogen-bond acceptors (Lipinski definition) is 1. The molecule has 6 heteroatoms. The van der Waals surface area contributed by atoms with Crippen molar-refractivity contribution in [3.63, 3.8) is 0 Å². The SMILES string of the molecule is Brc1cc(Br)c(Oc2c(Br)cccc2Br)c(Br)c1. The molecule has 0 spiro atoms. The van der Waals surface area contributed by atoms with Gasteiger partial charge >= 0.3 is 0 Å². The van der Waals surface area contributed by atoms with Gasteiger partial charge in [0.25, 0.3) is 0 Å². The summed E-state index contributed by atoms with van der Waals surface area (Å²) in [4.78, 5) is 0. The van der Waals surface area contributed by atoms with E-state index in [0.29, 0.717) is 0 Å². The van der Waals surface area contributed by atoms with E-state index < -0.39 is 0 Å². The van der Waals surface area contributed by atoms with Crippen molar-refractivity contribution in [2.45, 2.75) is 0 Å². The lowest BCUT2D eigenvalue weighted by molar-refractivity contribution is 0.470. The zero-order valence-electron chi connectivity index (χ0n) is 8.68. The van der Waals surface area contributed by atoms with E-state index in [1.807, 2.05) is 30.3 Å². The minimum atomic E-state index is 0.728. The summed E-state index contributed by atoms with van der Waals surface area (Å²) in [6, 6.07) is 9.67. The third-order valence-corrected chi connectivity index (χ3v) is 4.97. The maximum atomic E-state index is 5.95. The van der Waals surface area contributed by atoms with Gasteiger partial charge < -0.3 is 4.74 Å². The van der Waals surface area contributed by atoms with Gasteiger partial charge in [-0.15, -0.1) is 0 Å². The van der Waals surface area contributed by atoms with Crippen molar-refractivity contribution in [2.75, 3.05) is 0 Å². The average Bonchev–Trinajstić information content (AvgIpc) is 2.26. The zero-order chi connectivity index (χ0) is 13.3. The first-order chi connectivity index (χ1) is 8.49. The predicted molar refractivity (Wildman–Crippen MR) is 91.5 cm³/mol. The van der Waals surface area contributed by atoms with Crippen LogP contribution in [0.15, 0.2) is 52.7 Å². The molecule has 0 fully saturated rings. The van der Waals surface area contributed by atoms with Gasteiger partial charge in [0.2, 0.25) is 0 Å². The molecule has 0 amide bonds. The van der Waals surface area contributed by atoms with Gasteiger partial charge in [0.05, 0.1) is 17.9 Å². The molecule has 2 rings (SSSR count). The highest BCUT2D eigenvalue weighted by Gasteiger charge is 2.13. The van der Waals surface area contributed by atoms with Crippen molar-refractivity contribution >= 4 is 79.6 Å². The van der Waals surface area contributed by atoms with Crippen molar-refractivity contribution in [1.29, 1.82) is 0 Å². The van der Waals surface area contributed by atoms with Crippen molar-refractivity contribution in [1.82, 2.24) is 0 Å². The van der Waals surface area contributed by atoms with Crippen molar-refractivity contribution in [2.24, 2.45) is 0 Å². The predicted octanol–water partition coefficient (Wildman–Crippen LogP) is 7.29. The lowest BCUT2D eigenvalue weighted by atomic mass is 10.3. The molecule has 0 unspecified atom stereocenters. The van der Waals surface area contributed by atoms with Crippen LogP contribution in [0, 0.1) is 0 Å². The third-order valence-electron chi connectivity index (χ3n) is 2.09. The summed E-state index contributed by atoms with van der Waals surface area (Å²) in [6.07, 6.45) is 0. The Balaban J connectivity index is 2.47. The van der Waals surface area contributed by atoms with Crippen LogP contribution in [0.25, 0.3) is 0 Å². The van der Waals surface area contributed by atoms with Gasteiger partial charge in [-0.25, -0.2) is 0 Å². The Hall–Kier alpha value is 0.640. The lowest BCUT2D eigenvalue weighted by Crippen LogP contribution is -1.89. The Morgan fingerprint density at radius 3 is 1.61 bits per heavy atom. The highest BCUT2D eigenvalue weighted by Crippen LogP contribution is 2.43. The van der Waals surface area contributed by atoms with E-state index in [-0.39, 0.29) is 0 Å². The van der Waals surface area contributed by atoms with E-state index in [1.165, 1.54) is 0 Å². The summed E-state index contributed by atoms with van der Waals surface area (Å²) < 4.78 is 10.4. The fourth-order valence-corrected chi connectivity index (χ4v) is 4.89. The highest BCUT2D eigenvalue weighted by molar-refractivity contribution is 9.12. The first kappa shape index (κ1) is 15.0. The van der Waals surface area contributed by atoms with Gasteiger partial charge in [0.1, 0.15) is 0 Å². The minimum absolute atomic E-state index is 0.728. The number of benzene rings is 2. The number of halogens is 5. The number of para-hydroxylation sites is 1. The zero-order valence-corrected chi connectivity index (χ0v) is 16.6. The molecule has 0 atom stereocenters. The van der Waals surface area contributed by atoms with Crippen LogP contribution in [0.1, 0.15) is 0 Å². The smallest absolute Gasteiger partial charge is 0.155 e. The summed E-state index contributed by atoms with van der Waals surface area (Å²) in [7, 11) is 0. The highest BCUT2D eigenvalue weighted by atomic mass is 79.9. The molecular weight excluding hydrogens is 560 g/mol. The molecule has 0 aromatic heterocycles. The molecule has 94 valence electrons. The fourth-order valence-electron chi connectivity index (χ4n) is 1.31. The molecule has 0 saturated carbocycles. The van der Waals surface area contributed by atoms with E-state index in [2.05, 4.69) is 79.6 Å². The normalized spacial score (nSPS) is 10.5. The molecule has 0 radical (unpaired) electrons. The second-order valence-electron chi connectivity index (χ2n) is 3.35. The molecule has 0 saturated heterocycles. The van der Waals surface area contributed by atoms with Gasteiger partial charge in [-0.1, -0.05) is 22.0 Å². The van der Waals surface area contributed by atoms with E-state index in [4.69, 9.17) is 4.74 Å². The third kappa shape index (κ3) is 3.39. The Kier molecular flexibility index (Phi) is 5.34. The summed E-state index contributed by atoms with van der Waals surface area (Å²) in [6.45, 7) is 0. The van der Waals surface area contributed by atoms with Crippen LogP contribution in [0.3, 0.4) is 0 Å². The topological polar surface area (TPSA) is 9.23 Å². The summed E-state index contributed by atoms with van der Waals surface area (Å²) in [5.41, 5.74) is 0. The molecule has 0 N–H and O–H groups in total. The van der Waals surface area contributed by atoms with Crippen molar-refractivity contribution in [3.05, 3.63) is 52.7 Å². The van der Waals surface area contributed by atoms with Crippen LogP contribution in [0.4, 0.5) is 0 Å². The first-order valence-electron chi connectivity index (χ1n) is 4.75. The largest absolute Gasteiger partial charge is 0.453 e. The molecule has 0 heterocycles. The number of hydrogen-bond donors (Lipinski definition) is 0. The molecular formula is C12H5Br5O. The van der Waals surface area contributed by atoms with Gasteiger partial charge in [-0.05, 0) is 88.0 Å². The molecule has 0 aliphatic carbocycles.